The predicted molar refractivity (Wildman–Crippen MR) is 53.9 cm³/mol. The maximum absolute atomic E-state index is 6.10. The third-order valence-electron chi connectivity index (χ3n) is 3.35. The molecule has 1 aliphatic carbocycles. The van der Waals surface area contributed by atoms with Crippen LogP contribution in [0.4, 0.5) is 0 Å². The molecular formula is C11H23N. The molecule has 1 rings (SSSR count). The zero-order valence-electron chi connectivity index (χ0n) is 8.93. The fourth-order valence-electron chi connectivity index (χ4n) is 2.39. The lowest BCUT2D eigenvalue weighted by atomic mass is 9.67. The van der Waals surface area contributed by atoms with Gasteiger partial charge in [0.2, 0.25) is 0 Å². The molecule has 2 atom stereocenters. The number of hydrogen-bond donors (Lipinski definition) is 1. The minimum atomic E-state index is 0.457. The lowest BCUT2D eigenvalue weighted by molar-refractivity contribution is 0.124. The van der Waals surface area contributed by atoms with Crippen molar-refractivity contribution in [3.05, 3.63) is 0 Å². The van der Waals surface area contributed by atoms with Crippen molar-refractivity contribution in [2.75, 3.05) is 0 Å². The summed E-state index contributed by atoms with van der Waals surface area (Å²) in [5.74, 6) is 1.49. The summed E-state index contributed by atoms with van der Waals surface area (Å²) >= 11 is 0. The summed E-state index contributed by atoms with van der Waals surface area (Å²) in [6.07, 6.45) is 3.83. The van der Waals surface area contributed by atoms with Crippen LogP contribution < -0.4 is 5.73 Å². The van der Waals surface area contributed by atoms with Crippen molar-refractivity contribution in [3.63, 3.8) is 0 Å². The molecule has 1 nitrogen and oxygen atoms in total. The number of hydrogen-bond acceptors (Lipinski definition) is 1. The highest BCUT2D eigenvalue weighted by molar-refractivity contribution is 4.88. The Bertz CT molecular complexity index is 149. The van der Waals surface area contributed by atoms with Crippen LogP contribution in [0.5, 0.6) is 0 Å². The summed E-state index contributed by atoms with van der Waals surface area (Å²) < 4.78 is 0. The van der Waals surface area contributed by atoms with Crippen LogP contribution in [0, 0.1) is 17.3 Å². The van der Waals surface area contributed by atoms with Crippen molar-refractivity contribution in [1.29, 1.82) is 0 Å². The first kappa shape index (κ1) is 10.0. The van der Waals surface area contributed by atoms with Gasteiger partial charge in [0.1, 0.15) is 0 Å². The molecular weight excluding hydrogens is 146 g/mol. The lowest BCUT2D eigenvalue weighted by Gasteiger charge is -2.41. The van der Waals surface area contributed by atoms with Gasteiger partial charge in [0.25, 0.3) is 0 Å². The molecule has 1 fully saturated rings. The Morgan fingerprint density at radius 1 is 1.33 bits per heavy atom. The first-order chi connectivity index (χ1) is 5.42. The van der Waals surface area contributed by atoms with Gasteiger partial charge in [-0.3, -0.25) is 0 Å². The fraction of sp³-hybridized carbons (Fsp3) is 1.00. The topological polar surface area (TPSA) is 26.0 Å². The van der Waals surface area contributed by atoms with Gasteiger partial charge in [0, 0.05) is 6.04 Å². The molecule has 2 N–H and O–H groups in total. The SMILES string of the molecule is CC(C)C1CC(C)(C)CCC1N. The second kappa shape index (κ2) is 3.37. The third-order valence-corrected chi connectivity index (χ3v) is 3.35. The molecule has 0 aliphatic heterocycles. The standard InChI is InChI=1S/C11H23N/c1-8(2)9-7-11(3,4)6-5-10(9)12/h8-10H,5-7,12H2,1-4H3. The van der Waals surface area contributed by atoms with Crippen molar-refractivity contribution < 1.29 is 0 Å². The quantitative estimate of drug-likeness (QED) is 0.642. The van der Waals surface area contributed by atoms with Crippen LogP contribution in [0.2, 0.25) is 0 Å². The van der Waals surface area contributed by atoms with E-state index in [1.165, 1.54) is 19.3 Å². The van der Waals surface area contributed by atoms with Crippen molar-refractivity contribution >= 4 is 0 Å². The van der Waals surface area contributed by atoms with Crippen LogP contribution in [-0.4, -0.2) is 6.04 Å². The molecule has 0 bridgehead atoms. The summed E-state index contributed by atoms with van der Waals surface area (Å²) in [6.45, 7) is 9.33. The second-order valence-electron chi connectivity index (χ2n) is 5.48. The maximum atomic E-state index is 6.10. The van der Waals surface area contributed by atoms with Crippen LogP contribution in [0.3, 0.4) is 0 Å². The Kier molecular flexibility index (Phi) is 2.82. The summed E-state index contributed by atoms with van der Waals surface area (Å²) in [7, 11) is 0. The smallest absolute Gasteiger partial charge is 0.00700 e. The third kappa shape index (κ3) is 2.22. The molecule has 0 radical (unpaired) electrons. The van der Waals surface area contributed by atoms with Gasteiger partial charge in [-0.05, 0) is 36.5 Å². The molecule has 0 heterocycles. The van der Waals surface area contributed by atoms with Gasteiger partial charge in [-0.25, -0.2) is 0 Å². The molecule has 12 heavy (non-hydrogen) atoms. The first-order valence-electron chi connectivity index (χ1n) is 5.18. The Hall–Kier alpha value is -0.0400. The zero-order chi connectivity index (χ0) is 9.35. The van der Waals surface area contributed by atoms with E-state index < -0.39 is 0 Å². The minimum absolute atomic E-state index is 0.457. The highest BCUT2D eigenvalue weighted by Crippen LogP contribution is 2.40. The molecule has 1 heteroatoms. The molecule has 0 aromatic carbocycles. The average molecular weight is 169 g/mol. The van der Waals surface area contributed by atoms with Crippen LogP contribution in [0.1, 0.15) is 47.0 Å². The first-order valence-corrected chi connectivity index (χ1v) is 5.18. The lowest BCUT2D eigenvalue weighted by Crippen LogP contribution is -2.41. The summed E-state index contributed by atoms with van der Waals surface area (Å²) in [4.78, 5) is 0. The van der Waals surface area contributed by atoms with E-state index in [9.17, 15) is 0 Å². The van der Waals surface area contributed by atoms with E-state index in [1.54, 1.807) is 0 Å². The van der Waals surface area contributed by atoms with E-state index in [-0.39, 0.29) is 0 Å². The van der Waals surface area contributed by atoms with E-state index in [0.717, 1.165) is 11.8 Å². The normalized spacial score (nSPS) is 35.5. The monoisotopic (exact) mass is 169 g/mol. The van der Waals surface area contributed by atoms with Crippen molar-refractivity contribution in [2.45, 2.75) is 53.0 Å². The van der Waals surface area contributed by atoms with E-state index in [4.69, 9.17) is 5.73 Å². The maximum Gasteiger partial charge on any atom is 0.00700 e. The molecule has 2 unspecified atom stereocenters. The number of rotatable bonds is 1. The van der Waals surface area contributed by atoms with Crippen molar-refractivity contribution in [1.82, 2.24) is 0 Å². The van der Waals surface area contributed by atoms with Gasteiger partial charge in [-0.2, -0.15) is 0 Å². The average Bonchev–Trinajstić information content (AvgIpc) is 1.94. The van der Waals surface area contributed by atoms with Crippen LogP contribution in [-0.2, 0) is 0 Å². The predicted octanol–water partition coefficient (Wildman–Crippen LogP) is 2.80. The molecule has 0 saturated heterocycles. The van der Waals surface area contributed by atoms with E-state index >= 15 is 0 Å². The molecule has 0 aromatic heterocycles. The summed E-state index contributed by atoms with van der Waals surface area (Å²) in [5.41, 5.74) is 6.63. The summed E-state index contributed by atoms with van der Waals surface area (Å²) in [5, 5.41) is 0. The van der Waals surface area contributed by atoms with Crippen molar-refractivity contribution in [2.24, 2.45) is 23.0 Å². The number of nitrogens with two attached hydrogens (primary N) is 1. The minimum Gasteiger partial charge on any atom is -0.327 e. The van der Waals surface area contributed by atoms with E-state index in [1.807, 2.05) is 0 Å². The highest BCUT2D eigenvalue weighted by Gasteiger charge is 2.34. The Morgan fingerprint density at radius 3 is 2.33 bits per heavy atom. The molecule has 1 aliphatic rings. The van der Waals surface area contributed by atoms with Crippen LogP contribution >= 0.6 is 0 Å². The van der Waals surface area contributed by atoms with Crippen LogP contribution in [0.25, 0.3) is 0 Å². The highest BCUT2D eigenvalue weighted by atomic mass is 14.7. The summed E-state index contributed by atoms with van der Waals surface area (Å²) in [6, 6.07) is 0.457. The van der Waals surface area contributed by atoms with Gasteiger partial charge in [0.05, 0.1) is 0 Å². The second-order valence-corrected chi connectivity index (χ2v) is 5.48. The van der Waals surface area contributed by atoms with E-state index in [0.29, 0.717) is 11.5 Å². The van der Waals surface area contributed by atoms with Gasteiger partial charge in [0.15, 0.2) is 0 Å². The van der Waals surface area contributed by atoms with Gasteiger partial charge >= 0.3 is 0 Å². The Morgan fingerprint density at radius 2 is 1.92 bits per heavy atom. The molecule has 72 valence electrons. The van der Waals surface area contributed by atoms with E-state index in [2.05, 4.69) is 27.7 Å². The largest absolute Gasteiger partial charge is 0.327 e. The van der Waals surface area contributed by atoms with Crippen LogP contribution in [0.15, 0.2) is 0 Å². The Labute approximate surface area is 76.7 Å². The van der Waals surface area contributed by atoms with Gasteiger partial charge < -0.3 is 5.73 Å². The molecule has 0 aromatic rings. The Balaban J connectivity index is 2.59. The molecule has 0 spiro atoms. The molecule has 0 amide bonds. The van der Waals surface area contributed by atoms with Crippen molar-refractivity contribution in [3.8, 4) is 0 Å². The fourth-order valence-corrected chi connectivity index (χ4v) is 2.39. The zero-order valence-corrected chi connectivity index (χ0v) is 8.93. The van der Waals surface area contributed by atoms with Gasteiger partial charge in [-0.15, -0.1) is 0 Å². The molecule has 1 saturated carbocycles. The van der Waals surface area contributed by atoms with Gasteiger partial charge in [-0.1, -0.05) is 27.7 Å².